The number of pyridine rings is 1. The molecule has 0 amide bonds. The minimum absolute atomic E-state index is 0.0992. The molecule has 30 heavy (non-hydrogen) atoms. The summed E-state index contributed by atoms with van der Waals surface area (Å²) >= 11 is 0. The number of aliphatic hydroxyl groups is 1. The van der Waals surface area contributed by atoms with Crippen LogP contribution in [0, 0.1) is 11.8 Å². The van der Waals surface area contributed by atoms with Crippen LogP contribution in [-0.2, 0) is 15.6 Å². The van der Waals surface area contributed by atoms with E-state index < -0.39 is 33.4 Å². The molecule has 2 unspecified atom stereocenters. The zero-order chi connectivity index (χ0) is 22.6. The van der Waals surface area contributed by atoms with Gasteiger partial charge in [-0.15, -0.1) is 5.92 Å². The van der Waals surface area contributed by atoms with Crippen molar-refractivity contribution >= 4 is 21.8 Å². The molecule has 2 aromatic rings. The molecule has 2 aromatic heterocycles. The number of nitrogen functional groups attached to an aromatic ring is 1. The Morgan fingerprint density at radius 1 is 1.20 bits per heavy atom. The Bertz CT molecular complexity index is 1030. The smallest absolute Gasteiger partial charge is 0.384 e. The summed E-state index contributed by atoms with van der Waals surface area (Å²) in [5.74, 6) is 5.37. The first-order valence-electron chi connectivity index (χ1n) is 8.38. The van der Waals surface area contributed by atoms with Crippen molar-refractivity contribution in [1.29, 1.82) is 0 Å². The summed E-state index contributed by atoms with van der Waals surface area (Å²) < 4.78 is 65.6. The first-order valence-corrected chi connectivity index (χ1v) is 9.87. The van der Waals surface area contributed by atoms with Crippen LogP contribution in [0.3, 0.4) is 0 Å². The van der Waals surface area contributed by atoms with E-state index >= 15 is 0 Å². The molecule has 2 rings (SSSR count). The van der Waals surface area contributed by atoms with Crippen molar-refractivity contribution in [3.05, 3.63) is 36.3 Å². The number of sulfonamides is 1. The lowest BCUT2D eigenvalue weighted by Crippen LogP contribution is -2.39. The van der Waals surface area contributed by atoms with E-state index in [4.69, 9.17) is 5.73 Å². The number of hydrogen-bond acceptors (Lipinski definition) is 8. The van der Waals surface area contributed by atoms with Crippen LogP contribution in [0.4, 0.5) is 24.9 Å². The third-order valence-electron chi connectivity index (χ3n) is 3.93. The number of aromatic nitrogens is 3. The first-order chi connectivity index (χ1) is 13.9. The first kappa shape index (κ1) is 23.3. The van der Waals surface area contributed by atoms with E-state index in [0.29, 0.717) is 6.92 Å². The maximum atomic E-state index is 12.9. The largest absolute Gasteiger partial charge is 0.421 e. The van der Waals surface area contributed by atoms with Gasteiger partial charge in [0.1, 0.15) is 16.8 Å². The van der Waals surface area contributed by atoms with Gasteiger partial charge in [-0.05, 0) is 26.0 Å². The molecule has 13 heteroatoms. The summed E-state index contributed by atoms with van der Waals surface area (Å²) in [7, 11) is -3.90. The molecule has 0 aliphatic carbocycles. The predicted molar refractivity (Wildman–Crippen MR) is 102 cm³/mol. The van der Waals surface area contributed by atoms with E-state index in [2.05, 4.69) is 36.8 Å². The zero-order valence-corrected chi connectivity index (χ0v) is 16.7. The molecule has 5 N–H and O–H groups in total. The molecule has 0 radical (unpaired) electrons. The summed E-state index contributed by atoms with van der Waals surface area (Å²) in [4.78, 5) is 11.1. The molecule has 0 bridgehead atoms. The molecule has 2 atom stereocenters. The van der Waals surface area contributed by atoms with E-state index in [9.17, 15) is 26.7 Å². The molecule has 9 nitrogen and oxygen atoms in total. The topological polar surface area (TPSA) is 143 Å². The van der Waals surface area contributed by atoms with Crippen LogP contribution < -0.4 is 15.8 Å². The van der Waals surface area contributed by atoms with Crippen LogP contribution in [0.5, 0.6) is 0 Å². The van der Waals surface area contributed by atoms with Crippen molar-refractivity contribution in [3.8, 4) is 11.8 Å². The lowest BCUT2D eigenvalue weighted by Gasteiger charge is -2.26. The molecule has 2 heterocycles. The fraction of sp³-hybridized carbons (Fsp3) is 0.353. The van der Waals surface area contributed by atoms with Gasteiger partial charge in [0.15, 0.2) is 5.60 Å². The lowest BCUT2D eigenvalue weighted by molar-refractivity contribution is -0.259. The number of halogens is 3. The van der Waals surface area contributed by atoms with E-state index in [1.807, 2.05) is 0 Å². The van der Waals surface area contributed by atoms with Gasteiger partial charge >= 0.3 is 6.18 Å². The van der Waals surface area contributed by atoms with Crippen molar-refractivity contribution in [2.75, 3.05) is 17.6 Å². The molecule has 0 aliphatic heterocycles. The van der Waals surface area contributed by atoms with Crippen LogP contribution in [0.25, 0.3) is 0 Å². The average molecular weight is 444 g/mol. The van der Waals surface area contributed by atoms with Crippen LogP contribution in [0.15, 0.2) is 35.6 Å². The Morgan fingerprint density at radius 2 is 1.83 bits per heavy atom. The Morgan fingerprint density at radius 3 is 2.33 bits per heavy atom. The molecule has 0 saturated heterocycles. The Balaban J connectivity index is 2.10. The molecule has 0 spiro atoms. The second-order valence-corrected chi connectivity index (χ2v) is 7.99. The summed E-state index contributed by atoms with van der Waals surface area (Å²) in [6.07, 6.45) is -2.16. The van der Waals surface area contributed by atoms with Gasteiger partial charge in [0.2, 0.25) is 16.0 Å². The Kier molecular flexibility index (Phi) is 6.86. The van der Waals surface area contributed by atoms with Gasteiger partial charge in [-0.3, -0.25) is 0 Å². The number of hydrogen-bond donors (Lipinski definition) is 4. The SMILES string of the molecule is CC#CC(CNS(=O)(=O)c1ccc(N)nc1)Nc1ncc(C(C)(O)C(F)(F)F)cn1. The predicted octanol–water partition coefficient (Wildman–Crippen LogP) is 1.01. The number of rotatable bonds is 7. The molecular formula is C17H19F3N6O3S. The number of anilines is 2. The van der Waals surface area contributed by atoms with E-state index in [1.54, 1.807) is 0 Å². The van der Waals surface area contributed by atoms with Gasteiger partial charge in [0, 0.05) is 30.7 Å². The summed E-state index contributed by atoms with van der Waals surface area (Å²) in [5, 5.41) is 12.4. The van der Waals surface area contributed by atoms with Crippen LogP contribution in [-0.4, -0.2) is 47.2 Å². The lowest BCUT2D eigenvalue weighted by atomic mass is 9.99. The monoisotopic (exact) mass is 444 g/mol. The highest BCUT2D eigenvalue weighted by molar-refractivity contribution is 7.89. The molecular weight excluding hydrogens is 425 g/mol. The van der Waals surface area contributed by atoms with Gasteiger partial charge in [0.25, 0.3) is 0 Å². The van der Waals surface area contributed by atoms with Crippen molar-refractivity contribution in [3.63, 3.8) is 0 Å². The number of alkyl halides is 3. The van der Waals surface area contributed by atoms with Crippen molar-refractivity contribution in [1.82, 2.24) is 19.7 Å². The van der Waals surface area contributed by atoms with Gasteiger partial charge in [-0.25, -0.2) is 28.1 Å². The number of nitrogens with one attached hydrogen (secondary N) is 2. The highest BCUT2D eigenvalue weighted by Crippen LogP contribution is 2.37. The van der Waals surface area contributed by atoms with E-state index in [0.717, 1.165) is 18.6 Å². The summed E-state index contributed by atoms with van der Waals surface area (Å²) in [6, 6.07) is 1.83. The number of nitrogens with zero attached hydrogens (tertiary/aromatic N) is 3. The maximum absolute atomic E-state index is 12.9. The van der Waals surface area contributed by atoms with Gasteiger partial charge < -0.3 is 16.2 Å². The molecule has 0 aliphatic rings. The van der Waals surface area contributed by atoms with E-state index in [1.165, 1.54) is 19.1 Å². The van der Waals surface area contributed by atoms with Gasteiger partial charge in [-0.1, -0.05) is 5.92 Å². The summed E-state index contributed by atoms with van der Waals surface area (Å²) in [6.45, 7) is 1.92. The normalized spacial score (nSPS) is 14.9. The minimum atomic E-state index is -4.91. The second kappa shape index (κ2) is 8.82. The fourth-order valence-corrected chi connectivity index (χ4v) is 3.10. The van der Waals surface area contributed by atoms with Crippen molar-refractivity contribution in [2.24, 2.45) is 0 Å². The Hall–Kier alpha value is -2.95. The van der Waals surface area contributed by atoms with Crippen molar-refractivity contribution < 1.29 is 26.7 Å². The number of nitrogens with two attached hydrogens (primary N) is 1. The summed E-state index contributed by atoms with van der Waals surface area (Å²) in [5.41, 5.74) is 1.77. The third-order valence-corrected chi connectivity index (χ3v) is 5.34. The van der Waals surface area contributed by atoms with Gasteiger partial charge in [0.05, 0.1) is 0 Å². The molecule has 0 aromatic carbocycles. The third kappa shape index (κ3) is 5.56. The van der Waals surface area contributed by atoms with Crippen LogP contribution in [0.1, 0.15) is 19.4 Å². The zero-order valence-electron chi connectivity index (χ0n) is 15.9. The van der Waals surface area contributed by atoms with E-state index in [-0.39, 0.29) is 23.2 Å². The second-order valence-electron chi connectivity index (χ2n) is 6.23. The molecule has 0 fully saturated rings. The Labute approximate surface area is 171 Å². The molecule has 162 valence electrons. The van der Waals surface area contributed by atoms with Crippen LogP contribution in [0.2, 0.25) is 0 Å². The van der Waals surface area contributed by atoms with Crippen molar-refractivity contribution in [2.45, 2.75) is 36.6 Å². The highest BCUT2D eigenvalue weighted by atomic mass is 32.2. The van der Waals surface area contributed by atoms with Gasteiger partial charge in [-0.2, -0.15) is 13.2 Å². The maximum Gasteiger partial charge on any atom is 0.421 e. The minimum Gasteiger partial charge on any atom is -0.384 e. The quantitative estimate of drug-likeness (QED) is 0.463. The fourth-order valence-electron chi connectivity index (χ4n) is 2.11. The highest BCUT2D eigenvalue weighted by Gasteiger charge is 2.51. The average Bonchev–Trinajstić information content (AvgIpc) is 2.66. The standard InChI is InChI=1S/C17H19F3N6O3S/c1-3-4-12(9-25-30(28,29)13-5-6-14(21)22-10-13)26-15-23-7-11(8-24-15)16(2,27)17(18,19)20/h5-8,10,12,25,27H,9H2,1-2H3,(H2,21,22)(H,23,24,26). The molecule has 0 saturated carbocycles. The van der Waals surface area contributed by atoms with Crippen LogP contribution >= 0.6 is 0 Å².